The van der Waals surface area contributed by atoms with Crippen LogP contribution < -0.4 is 5.73 Å². The number of fused-ring (bicyclic) bond motifs is 5. The van der Waals surface area contributed by atoms with Gasteiger partial charge in [-0.25, -0.2) is 0 Å². The van der Waals surface area contributed by atoms with Gasteiger partial charge in [-0.15, -0.1) is 0 Å². The Morgan fingerprint density at radius 2 is 1.79 bits per heavy atom. The monoisotopic (exact) mass is 391 g/mol. The van der Waals surface area contributed by atoms with E-state index in [4.69, 9.17) is 5.73 Å². The van der Waals surface area contributed by atoms with Gasteiger partial charge in [-0.2, -0.15) is 0 Å². The highest BCUT2D eigenvalue weighted by molar-refractivity contribution is 5.13. The average Bonchev–Trinajstić information content (AvgIpc) is 2.97. The van der Waals surface area contributed by atoms with Crippen LogP contribution in [0, 0.1) is 40.9 Å². The Morgan fingerprint density at radius 3 is 2.50 bits per heavy atom. The van der Waals surface area contributed by atoms with E-state index in [1.807, 2.05) is 13.8 Å². The maximum Gasteiger partial charge on any atom is 0.0591 e. The van der Waals surface area contributed by atoms with Crippen molar-refractivity contribution in [2.24, 2.45) is 46.7 Å². The van der Waals surface area contributed by atoms with Gasteiger partial charge in [-0.1, -0.05) is 13.8 Å². The number of rotatable bonds is 4. The summed E-state index contributed by atoms with van der Waals surface area (Å²) in [5.41, 5.74) is 7.08. The van der Waals surface area contributed by atoms with Gasteiger partial charge in [0.2, 0.25) is 0 Å². The highest BCUT2D eigenvalue weighted by atomic mass is 16.3. The Balaban J connectivity index is 1.49. The van der Waals surface area contributed by atoms with E-state index < -0.39 is 5.60 Å². The second-order valence-electron chi connectivity index (χ2n) is 12.2. The molecule has 5 unspecified atom stereocenters. The molecule has 4 saturated carbocycles. The summed E-state index contributed by atoms with van der Waals surface area (Å²) in [5.74, 6) is 4.38. The molecule has 3 heteroatoms. The molecule has 162 valence electrons. The molecule has 28 heavy (non-hydrogen) atoms. The lowest BCUT2D eigenvalue weighted by atomic mass is 9.46. The molecule has 0 heterocycles. The van der Waals surface area contributed by atoms with Crippen molar-refractivity contribution in [2.45, 2.75) is 116 Å². The Hall–Kier alpha value is -0.120. The average molecular weight is 392 g/mol. The molecule has 4 fully saturated rings. The zero-order valence-electron chi connectivity index (χ0n) is 18.8. The van der Waals surface area contributed by atoms with Crippen LogP contribution in [0.2, 0.25) is 0 Å². The summed E-state index contributed by atoms with van der Waals surface area (Å²) in [7, 11) is 0. The molecule has 3 nitrogen and oxygen atoms in total. The molecule has 4 rings (SSSR count). The molecule has 0 saturated heterocycles. The predicted molar refractivity (Wildman–Crippen MR) is 115 cm³/mol. The van der Waals surface area contributed by atoms with Crippen molar-refractivity contribution in [2.75, 3.05) is 0 Å². The molecule has 0 aromatic heterocycles. The van der Waals surface area contributed by atoms with Crippen LogP contribution >= 0.6 is 0 Å². The van der Waals surface area contributed by atoms with Gasteiger partial charge in [-0.3, -0.25) is 0 Å². The molecule has 4 aliphatic carbocycles. The van der Waals surface area contributed by atoms with Crippen LogP contribution in [-0.2, 0) is 0 Å². The zero-order valence-corrected chi connectivity index (χ0v) is 18.8. The smallest absolute Gasteiger partial charge is 0.0591 e. The lowest BCUT2D eigenvalue weighted by Crippen LogP contribution is -2.64. The topological polar surface area (TPSA) is 66.5 Å². The maximum atomic E-state index is 10.2. The Morgan fingerprint density at radius 1 is 1.04 bits per heavy atom. The molecule has 0 spiro atoms. The number of aliphatic hydroxyl groups excluding tert-OH is 1. The van der Waals surface area contributed by atoms with Crippen molar-refractivity contribution in [1.29, 1.82) is 0 Å². The third kappa shape index (κ3) is 3.48. The molecule has 4 N–H and O–H groups in total. The van der Waals surface area contributed by atoms with E-state index in [2.05, 4.69) is 13.8 Å². The Labute approximate surface area is 172 Å². The Kier molecular flexibility index (Phi) is 5.46. The molecule has 0 radical (unpaired) electrons. The van der Waals surface area contributed by atoms with Crippen molar-refractivity contribution in [3.8, 4) is 0 Å². The SMILES string of the molecule is C[C@H](CCC(C)(C)O)C1CCC2C3CCC4C[C@@H](O)CC[C@]4(N)C3CC[C@@]21C. The van der Waals surface area contributed by atoms with Crippen LogP contribution in [0.4, 0.5) is 0 Å². The Bertz CT molecular complexity index is 571. The summed E-state index contributed by atoms with van der Waals surface area (Å²) in [6.07, 6.45) is 12.8. The zero-order chi connectivity index (χ0) is 20.3. The largest absolute Gasteiger partial charge is 0.393 e. The van der Waals surface area contributed by atoms with E-state index in [9.17, 15) is 10.2 Å². The molecule has 0 aromatic rings. The first-order chi connectivity index (χ1) is 13.0. The minimum atomic E-state index is -0.541. The highest BCUT2D eigenvalue weighted by Gasteiger charge is 2.60. The highest BCUT2D eigenvalue weighted by Crippen LogP contribution is 2.66. The number of hydrogen-bond donors (Lipinski definition) is 3. The van der Waals surface area contributed by atoms with Gasteiger partial charge in [0.1, 0.15) is 0 Å². The van der Waals surface area contributed by atoms with Crippen LogP contribution in [0.25, 0.3) is 0 Å². The van der Waals surface area contributed by atoms with Crippen LogP contribution in [0.5, 0.6) is 0 Å². The summed E-state index contributed by atoms with van der Waals surface area (Å²) in [6, 6.07) is 0. The van der Waals surface area contributed by atoms with Crippen molar-refractivity contribution in [1.82, 2.24) is 0 Å². The summed E-state index contributed by atoms with van der Waals surface area (Å²) in [6.45, 7) is 8.95. The molecular weight excluding hydrogens is 346 g/mol. The third-order valence-corrected chi connectivity index (χ3v) is 10.2. The first-order valence-corrected chi connectivity index (χ1v) is 12.2. The van der Waals surface area contributed by atoms with E-state index in [-0.39, 0.29) is 11.6 Å². The first kappa shape index (κ1) is 21.1. The van der Waals surface area contributed by atoms with Crippen LogP contribution in [0.3, 0.4) is 0 Å². The third-order valence-electron chi connectivity index (χ3n) is 10.2. The first-order valence-electron chi connectivity index (χ1n) is 12.2. The fourth-order valence-electron chi connectivity index (χ4n) is 8.67. The molecule has 9 atom stereocenters. The standard InChI is InChI=1S/C25H45NO2/c1-16(9-12-23(2,3)28)20-7-8-21-19-6-5-17-15-18(27)10-14-25(17,26)22(19)11-13-24(20,21)4/h16-22,27-28H,5-15,26H2,1-4H3/t16-,17?,18+,19?,20?,21?,22?,24-,25-/m1/s1. The normalized spacial score (nSPS) is 49.8. The second-order valence-corrected chi connectivity index (χ2v) is 12.2. The molecule has 0 aromatic carbocycles. The van der Waals surface area contributed by atoms with Crippen molar-refractivity contribution < 1.29 is 10.2 Å². The van der Waals surface area contributed by atoms with Crippen molar-refractivity contribution in [3.05, 3.63) is 0 Å². The van der Waals surface area contributed by atoms with Crippen LogP contribution in [0.15, 0.2) is 0 Å². The number of nitrogens with two attached hydrogens (primary N) is 1. The molecule has 4 aliphatic rings. The van der Waals surface area contributed by atoms with Gasteiger partial charge in [0.15, 0.2) is 0 Å². The summed E-state index contributed by atoms with van der Waals surface area (Å²) < 4.78 is 0. The fourth-order valence-corrected chi connectivity index (χ4v) is 8.67. The van der Waals surface area contributed by atoms with E-state index in [0.717, 1.165) is 49.9 Å². The predicted octanol–water partition coefficient (Wildman–Crippen LogP) is 4.88. The van der Waals surface area contributed by atoms with Gasteiger partial charge < -0.3 is 15.9 Å². The van der Waals surface area contributed by atoms with Gasteiger partial charge in [0, 0.05) is 5.54 Å². The van der Waals surface area contributed by atoms with Crippen LogP contribution in [0.1, 0.15) is 98.3 Å². The molecule has 0 bridgehead atoms. The van der Waals surface area contributed by atoms with Gasteiger partial charge in [-0.05, 0) is 125 Å². The molecular formula is C25H45NO2. The minimum absolute atomic E-state index is 0.00586. The summed E-state index contributed by atoms with van der Waals surface area (Å²) in [5, 5.41) is 20.4. The number of aliphatic hydroxyl groups is 2. The van der Waals surface area contributed by atoms with E-state index in [0.29, 0.717) is 23.2 Å². The van der Waals surface area contributed by atoms with Gasteiger partial charge in [0.05, 0.1) is 11.7 Å². The van der Waals surface area contributed by atoms with E-state index >= 15 is 0 Å². The summed E-state index contributed by atoms with van der Waals surface area (Å²) >= 11 is 0. The van der Waals surface area contributed by atoms with Gasteiger partial charge in [0.25, 0.3) is 0 Å². The summed E-state index contributed by atoms with van der Waals surface area (Å²) in [4.78, 5) is 0. The lowest BCUT2D eigenvalue weighted by Gasteiger charge is -2.60. The minimum Gasteiger partial charge on any atom is -0.393 e. The van der Waals surface area contributed by atoms with Gasteiger partial charge >= 0.3 is 0 Å². The van der Waals surface area contributed by atoms with Crippen LogP contribution in [-0.4, -0.2) is 27.5 Å². The van der Waals surface area contributed by atoms with Crippen molar-refractivity contribution in [3.63, 3.8) is 0 Å². The fraction of sp³-hybridized carbons (Fsp3) is 1.00. The molecule has 0 amide bonds. The van der Waals surface area contributed by atoms with E-state index in [1.54, 1.807) is 0 Å². The number of hydrogen-bond acceptors (Lipinski definition) is 3. The lowest BCUT2D eigenvalue weighted by molar-refractivity contribution is -0.0955. The van der Waals surface area contributed by atoms with E-state index in [1.165, 1.54) is 38.5 Å². The maximum absolute atomic E-state index is 10.2. The molecule has 0 aliphatic heterocycles. The second kappa shape index (κ2) is 7.24. The quantitative estimate of drug-likeness (QED) is 0.639. The van der Waals surface area contributed by atoms with Crippen molar-refractivity contribution >= 4 is 0 Å².